The summed E-state index contributed by atoms with van der Waals surface area (Å²) in [6.07, 6.45) is 1.06. The van der Waals surface area contributed by atoms with Crippen LogP contribution in [0.5, 0.6) is 0 Å². The molecule has 0 radical (unpaired) electrons. The van der Waals surface area contributed by atoms with E-state index in [1.54, 1.807) is 11.8 Å². The van der Waals surface area contributed by atoms with Crippen molar-refractivity contribution in [3.63, 3.8) is 0 Å². The van der Waals surface area contributed by atoms with Gasteiger partial charge in [-0.1, -0.05) is 74.5 Å². The Hall–Kier alpha value is -2.62. The number of carbonyl (C=O) groups is 2. The molecule has 0 aromatic heterocycles. The first kappa shape index (κ1) is 20.7. The zero-order chi connectivity index (χ0) is 19.6. The van der Waals surface area contributed by atoms with Crippen molar-refractivity contribution in [2.75, 3.05) is 6.54 Å². The van der Waals surface area contributed by atoms with Crippen LogP contribution in [0.4, 0.5) is 0 Å². The molecule has 0 spiro atoms. The molecule has 0 aliphatic carbocycles. The smallest absolute Gasteiger partial charge is 0.242 e. The van der Waals surface area contributed by atoms with Crippen LogP contribution < -0.4 is 5.32 Å². The van der Waals surface area contributed by atoms with Crippen LogP contribution in [0.3, 0.4) is 0 Å². The van der Waals surface area contributed by atoms with E-state index in [-0.39, 0.29) is 11.8 Å². The Labute approximate surface area is 162 Å². The quantitative estimate of drug-likeness (QED) is 0.734. The minimum Gasteiger partial charge on any atom is -0.354 e. The van der Waals surface area contributed by atoms with Gasteiger partial charge in [-0.05, 0) is 30.4 Å². The molecule has 0 aliphatic heterocycles. The summed E-state index contributed by atoms with van der Waals surface area (Å²) in [5.74, 6) is 0.264. The Balaban J connectivity index is 2.07. The molecule has 144 valence electrons. The fourth-order valence-electron chi connectivity index (χ4n) is 2.85. The molecule has 2 aromatic rings. The summed E-state index contributed by atoms with van der Waals surface area (Å²) in [4.78, 5) is 27.2. The van der Waals surface area contributed by atoms with E-state index in [0.717, 1.165) is 11.1 Å². The molecule has 0 saturated heterocycles. The second-order valence-electron chi connectivity index (χ2n) is 7.31. The van der Waals surface area contributed by atoms with E-state index in [0.29, 0.717) is 31.8 Å². The Morgan fingerprint density at radius 3 is 2.00 bits per heavy atom. The fraction of sp³-hybridized carbons (Fsp3) is 0.391. The highest BCUT2D eigenvalue weighted by molar-refractivity contribution is 5.87. The summed E-state index contributed by atoms with van der Waals surface area (Å²) >= 11 is 0. The summed E-state index contributed by atoms with van der Waals surface area (Å²) in [6.45, 7) is 6.96. The Morgan fingerprint density at radius 1 is 0.889 bits per heavy atom. The number of aryl methyl sites for hydroxylation is 1. The van der Waals surface area contributed by atoms with Crippen molar-refractivity contribution in [1.29, 1.82) is 0 Å². The predicted octanol–water partition coefficient (Wildman–Crippen LogP) is 3.81. The molecule has 2 aromatic carbocycles. The number of hydrogen-bond donors (Lipinski definition) is 1. The van der Waals surface area contributed by atoms with Crippen LogP contribution in [0.25, 0.3) is 0 Å². The molecule has 0 saturated carbocycles. The molecule has 4 heteroatoms. The van der Waals surface area contributed by atoms with Gasteiger partial charge in [-0.2, -0.15) is 0 Å². The van der Waals surface area contributed by atoms with Crippen molar-refractivity contribution in [3.05, 3.63) is 71.8 Å². The monoisotopic (exact) mass is 366 g/mol. The van der Waals surface area contributed by atoms with Crippen molar-refractivity contribution >= 4 is 11.8 Å². The topological polar surface area (TPSA) is 49.4 Å². The first-order valence-electron chi connectivity index (χ1n) is 9.62. The van der Waals surface area contributed by atoms with Crippen molar-refractivity contribution < 1.29 is 9.59 Å². The average Bonchev–Trinajstić information content (AvgIpc) is 2.69. The molecule has 27 heavy (non-hydrogen) atoms. The van der Waals surface area contributed by atoms with Gasteiger partial charge in [0.1, 0.15) is 6.04 Å². The van der Waals surface area contributed by atoms with Gasteiger partial charge in [-0.15, -0.1) is 0 Å². The molecule has 0 aliphatic rings. The third kappa shape index (κ3) is 6.89. The summed E-state index contributed by atoms with van der Waals surface area (Å²) in [6, 6.07) is 19.3. The summed E-state index contributed by atoms with van der Waals surface area (Å²) in [5, 5.41) is 2.94. The molecule has 0 heterocycles. The molecular formula is C23H30N2O2. The molecule has 4 nitrogen and oxygen atoms in total. The maximum Gasteiger partial charge on any atom is 0.242 e. The Morgan fingerprint density at radius 2 is 1.44 bits per heavy atom. The lowest BCUT2D eigenvalue weighted by molar-refractivity contribution is -0.140. The number of amides is 2. The molecular weight excluding hydrogens is 336 g/mol. The van der Waals surface area contributed by atoms with Crippen LogP contribution in [-0.4, -0.2) is 29.3 Å². The van der Waals surface area contributed by atoms with Gasteiger partial charge < -0.3 is 10.2 Å². The first-order chi connectivity index (χ1) is 13.0. The maximum absolute atomic E-state index is 13.0. The summed E-state index contributed by atoms with van der Waals surface area (Å²) < 4.78 is 0. The normalized spacial score (nSPS) is 11.9. The van der Waals surface area contributed by atoms with Gasteiger partial charge in [0, 0.05) is 19.5 Å². The SMILES string of the molecule is CC(C)CNC(=O)[C@H](C)N(Cc1ccccc1)C(=O)CCc1ccccc1. The number of rotatable bonds is 9. The fourth-order valence-corrected chi connectivity index (χ4v) is 2.85. The predicted molar refractivity (Wildman–Crippen MR) is 109 cm³/mol. The molecule has 2 rings (SSSR count). The van der Waals surface area contributed by atoms with E-state index < -0.39 is 6.04 Å². The third-order valence-electron chi connectivity index (χ3n) is 4.52. The Bertz CT molecular complexity index is 714. The number of nitrogens with zero attached hydrogens (tertiary/aromatic N) is 1. The lowest BCUT2D eigenvalue weighted by Gasteiger charge is -2.29. The highest BCUT2D eigenvalue weighted by Crippen LogP contribution is 2.13. The van der Waals surface area contributed by atoms with Crippen LogP contribution in [0.2, 0.25) is 0 Å². The molecule has 0 fully saturated rings. The minimum atomic E-state index is -0.507. The summed E-state index contributed by atoms with van der Waals surface area (Å²) in [5.41, 5.74) is 2.15. The van der Waals surface area contributed by atoms with Crippen LogP contribution >= 0.6 is 0 Å². The minimum absolute atomic E-state index is 0.00472. The highest BCUT2D eigenvalue weighted by Gasteiger charge is 2.25. The van der Waals surface area contributed by atoms with Gasteiger partial charge in [0.25, 0.3) is 0 Å². The van der Waals surface area contributed by atoms with E-state index in [9.17, 15) is 9.59 Å². The number of benzene rings is 2. The van der Waals surface area contributed by atoms with E-state index in [1.807, 2.05) is 60.7 Å². The molecule has 1 atom stereocenters. The van der Waals surface area contributed by atoms with E-state index >= 15 is 0 Å². The van der Waals surface area contributed by atoms with Crippen molar-refractivity contribution in [1.82, 2.24) is 10.2 Å². The zero-order valence-electron chi connectivity index (χ0n) is 16.5. The van der Waals surface area contributed by atoms with Gasteiger partial charge in [0.05, 0.1) is 0 Å². The molecule has 0 unspecified atom stereocenters. The van der Waals surface area contributed by atoms with Gasteiger partial charge in [0.15, 0.2) is 0 Å². The van der Waals surface area contributed by atoms with Crippen molar-refractivity contribution in [2.24, 2.45) is 5.92 Å². The van der Waals surface area contributed by atoms with E-state index in [2.05, 4.69) is 19.2 Å². The highest BCUT2D eigenvalue weighted by atomic mass is 16.2. The first-order valence-corrected chi connectivity index (χ1v) is 9.62. The third-order valence-corrected chi connectivity index (χ3v) is 4.52. The number of nitrogens with one attached hydrogen (secondary N) is 1. The van der Waals surface area contributed by atoms with Gasteiger partial charge >= 0.3 is 0 Å². The van der Waals surface area contributed by atoms with Crippen LogP contribution in [0.1, 0.15) is 38.3 Å². The average molecular weight is 367 g/mol. The molecule has 1 N–H and O–H groups in total. The summed E-state index contributed by atoms with van der Waals surface area (Å²) in [7, 11) is 0. The number of carbonyl (C=O) groups excluding carboxylic acids is 2. The van der Waals surface area contributed by atoms with E-state index in [1.165, 1.54) is 0 Å². The van der Waals surface area contributed by atoms with Gasteiger partial charge in [0.2, 0.25) is 11.8 Å². The van der Waals surface area contributed by atoms with Crippen LogP contribution in [-0.2, 0) is 22.6 Å². The van der Waals surface area contributed by atoms with Crippen molar-refractivity contribution in [2.45, 2.75) is 46.2 Å². The molecule has 2 amide bonds. The largest absolute Gasteiger partial charge is 0.354 e. The van der Waals surface area contributed by atoms with Crippen molar-refractivity contribution in [3.8, 4) is 0 Å². The standard InChI is InChI=1S/C23H30N2O2/c1-18(2)16-24-23(27)19(3)25(17-21-12-8-5-9-13-21)22(26)15-14-20-10-6-4-7-11-20/h4-13,18-19H,14-17H2,1-3H3,(H,24,27)/t19-/m0/s1. The second kappa shape index (κ2) is 10.5. The van der Waals surface area contributed by atoms with Gasteiger partial charge in [-0.25, -0.2) is 0 Å². The van der Waals surface area contributed by atoms with Gasteiger partial charge in [-0.3, -0.25) is 9.59 Å². The lowest BCUT2D eigenvalue weighted by Crippen LogP contribution is -2.48. The molecule has 0 bridgehead atoms. The van der Waals surface area contributed by atoms with Crippen LogP contribution in [0.15, 0.2) is 60.7 Å². The maximum atomic E-state index is 13.0. The van der Waals surface area contributed by atoms with Crippen LogP contribution in [0, 0.1) is 5.92 Å². The number of hydrogen-bond acceptors (Lipinski definition) is 2. The lowest BCUT2D eigenvalue weighted by atomic mass is 10.1. The zero-order valence-corrected chi connectivity index (χ0v) is 16.5. The van der Waals surface area contributed by atoms with E-state index in [4.69, 9.17) is 0 Å². The second-order valence-corrected chi connectivity index (χ2v) is 7.31. The Kier molecular flexibility index (Phi) is 8.05.